The summed E-state index contributed by atoms with van der Waals surface area (Å²) in [6.07, 6.45) is 1.85. The predicted octanol–water partition coefficient (Wildman–Crippen LogP) is 3.80. The Kier molecular flexibility index (Phi) is 5.19. The smallest absolute Gasteiger partial charge is 0.134 e. The van der Waals surface area contributed by atoms with Crippen LogP contribution in [-0.2, 0) is 13.2 Å². The van der Waals surface area contributed by atoms with E-state index >= 15 is 0 Å². The Bertz CT molecular complexity index is 546. The van der Waals surface area contributed by atoms with Gasteiger partial charge in [0.25, 0.3) is 0 Å². The largest absolute Gasteiger partial charge is 0.486 e. The van der Waals surface area contributed by atoms with Gasteiger partial charge in [-0.1, -0.05) is 17.7 Å². The first-order chi connectivity index (χ1) is 9.19. The van der Waals surface area contributed by atoms with Crippen LogP contribution in [0.15, 0.2) is 41.0 Å². The zero-order valence-corrected chi connectivity index (χ0v) is 12.8. The second-order valence-electron chi connectivity index (χ2n) is 4.05. The lowest BCUT2D eigenvalue weighted by Gasteiger charge is -2.08. The molecule has 1 aromatic heterocycles. The number of ether oxygens (including phenoxy) is 1. The molecule has 19 heavy (non-hydrogen) atoms. The van der Waals surface area contributed by atoms with E-state index in [9.17, 15) is 0 Å². The molecule has 0 amide bonds. The van der Waals surface area contributed by atoms with Crippen molar-refractivity contribution in [3.8, 4) is 5.75 Å². The maximum atomic E-state index is 5.88. The Balaban J connectivity index is 1.98. The molecule has 0 spiro atoms. The molecule has 1 aromatic carbocycles. The summed E-state index contributed by atoms with van der Waals surface area (Å²) < 4.78 is 6.53. The fraction of sp³-hybridized carbons (Fsp3) is 0.214. The SMILES string of the molecule is CNCc1ccc(COc2ccc(Cl)cc2Br)nc1. The number of benzene rings is 1. The lowest BCUT2D eigenvalue weighted by molar-refractivity contribution is 0.299. The Morgan fingerprint density at radius 3 is 2.79 bits per heavy atom. The van der Waals surface area contributed by atoms with Crippen molar-refractivity contribution in [3.05, 3.63) is 57.3 Å². The van der Waals surface area contributed by atoms with E-state index in [1.807, 2.05) is 31.4 Å². The van der Waals surface area contributed by atoms with Gasteiger partial charge in [0.2, 0.25) is 0 Å². The standard InChI is InChI=1S/C14H14BrClN2O/c1-17-7-10-2-4-12(18-8-10)9-19-14-5-3-11(16)6-13(14)15/h2-6,8,17H,7,9H2,1H3. The van der Waals surface area contributed by atoms with Crippen molar-refractivity contribution < 1.29 is 4.74 Å². The molecule has 3 nitrogen and oxygen atoms in total. The average Bonchev–Trinajstić information content (AvgIpc) is 2.40. The van der Waals surface area contributed by atoms with Crippen molar-refractivity contribution in [1.82, 2.24) is 10.3 Å². The highest BCUT2D eigenvalue weighted by molar-refractivity contribution is 9.10. The van der Waals surface area contributed by atoms with Crippen molar-refractivity contribution in [3.63, 3.8) is 0 Å². The molecule has 0 atom stereocenters. The molecule has 2 rings (SSSR count). The molecule has 0 bridgehead atoms. The maximum absolute atomic E-state index is 5.88. The first kappa shape index (κ1) is 14.3. The van der Waals surface area contributed by atoms with Gasteiger partial charge in [0, 0.05) is 17.8 Å². The monoisotopic (exact) mass is 340 g/mol. The van der Waals surface area contributed by atoms with Crippen LogP contribution in [0, 0.1) is 0 Å². The zero-order chi connectivity index (χ0) is 13.7. The van der Waals surface area contributed by atoms with Crippen LogP contribution >= 0.6 is 27.5 Å². The molecule has 0 aliphatic heterocycles. The van der Waals surface area contributed by atoms with Crippen molar-refractivity contribution in [2.24, 2.45) is 0 Å². The summed E-state index contributed by atoms with van der Waals surface area (Å²) in [4.78, 5) is 4.35. The van der Waals surface area contributed by atoms with Crippen LogP contribution in [0.1, 0.15) is 11.3 Å². The Labute approximate surface area is 126 Å². The molecular formula is C14H14BrClN2O. The molecule has 0 unspecified atom stereocenters. The summed E-state index contributed by atoms with van der Waals surface area (Å²) in [7, 11) is 1.91. The van der Waals surface area contributed by atoms with E-state index in [0.29, 0.717) is 11.6 Å². The lowest BCUT2D eigenvalue weighted by Crippen LogP contribution is -2.06. The van der Waals surface area contributed by atoms with E-state index in [1.165, 1.54) is 0 Å². The maximum Gasteiger partial charge on any atom is 0.134 e. The van der Waals surface area contributed by atoms with Gasteiger partial charge in [0.05, 0.1) is 10.2 Å². The molecular weight excluding hydrogens is 328 g/mol. The highest BCUT2D eigenvalue weighted by atomic mass is 79.9. The van der Waals surface area contributed by atoms with Crippen LogP contribution in [0.3, 0.4) is 0 Å². The van der Waals surface area contributed by atoms with Crippen LogP contribution in [0.4, 0.5) is 0 Å². The number of pyridine rings is 1. The number of hydrogen-bond acceptors (Lipinski definition) is 3. The average molecular weight is 342 g/mol. The molecule has 5 heteroatoms. The summed E-state index contributed by atoms with van der Waals surface area (Å²) in [5, 5.41) is 3.76. The molecule has 0 fully saturated rings. The molecule has 0 saturated carbocycles. The fourth-order valence-electron chi connectivity index (χ4n) is 1.59. The second kappa shape index (κ2) is 6.89. The Morgan fingerprint density at radius 1 is 1.32 bits per heavy atom. The van der Waals surface area contributed by atoms with Gasteiger partial charge in [-0.3, -0.25) is 4.98 Å². The number of nitrogens with zero attached hydrogens (tertiary/aromatic N) is 1. The fourth-order valence-corrected chi connectivity index (χ4v) is 2.39. The van der Waals surface area contributed by atoms with Gasteiger partial charge in [-0.15, -0.1) is 0 Å². The third kappa shape index (κ3) is 4.20. The molecule has 1 heterocycles. The van der Waals surface area contributed by atoms with E-state index in [4.69, 9.17) is 16.3 Å². The van der Waals surface area contributed by atoms with Gasteiger partial charge in [-0.2, -0.15) is 0 Å². The molecule has 0 saturated heterocycles. The summed E-state index contributed by atoms with van der Waals surface area (Å²) in [5.74, 6) is 0.755. The van der Waals surface area contributed by atoms with E-state index in [1.54, 1.807) is 12.1 Å². The van der Waals surface area contributed by atoms with Gasteiger partial charge in [-0.25, -0.2) is 0 Å². The van der Waals surface area contributed by atoms with E-state index in [0.717, 1.165) is 28.0 Å². The lowest BCUT2D eigenvalue weighted by atomic mass is 10.2. The minimum atomic E-state index is 0.431. The quantitative estimate of drug-likeness (QED) is 0.898. The highest BCUT2D eigenvalue weighted by Gasteiger charge is 2.03. The van der Waals surface area contributed by atoms with Crippen LogP contribution in [0.5, 0.6) is 5.75 Å². The van der Waals surface area contributed by atoms with Crippen LogP contribution < -0.4 is 10.1 Å². The van der Waals surface area contributed by atoms with Gasteiger partial charge >= 0.3 is 0 Å². The van der Waals surface area contributed by atoms with Crippen LogP contribution in [0.2, 0.25) is 5.02 Å². The van der Waals surface area contributed by atoms with Crippen molar-refractivity contribution >= 4 is 27.5 Å². The minimum absolute atomic E-state index is 0.431. The third-order valence-corrected chi connectivity index (χ3v) is 3.39. The number of nitrogens with one attached hydrogen (secondary N) is 1. The Hall–Kier alpha value is -1.10. The predicted molar refractivity (Wildman–Crippen MR) is 80.5 cm³/mol. The normalized spacial score (nSPS) is 10.5. The highest BCUT2D eigenvalue weighted by Crippen LogP contribution is 2.28. The molecule has 0 aliphatic carbocycles. The number of rotatable bonds is 5. The molecule has 100 valence electrons. The molecule has 0 aliphatic rings. The molecule has 0 radical (unpaired) electrons. The first-order valence-corrected chi connectivity index (χ1v) is 7.02. The minimum Gasteiger partial charge on any atom is -0.486 e. The summed E-state index contributed by atoms with van der Waals surface area (Å²) in [6.45, 7) is 1.25. The van der Waals surface area contributed by atoms with Crippen molar-refractivity contribution in [2.45, 2.75) is 13.2 Å². The van der Waals surface area contributed by atoms with E-state index in [-0.39, 0.29) is 0 Å². The zero-order valence-electron chi connectivity index (χ0n) is 10.5. The first-order valence-electron chi connectivity index (χ1n) is 5.85. The summed E-state index contributed by atoms with van der Waals surface area (Å²) in [6, 6.07) is 9.45. The number of halogens is 2. The van der Waals surface area contributed by atoms with Gasteiger partial charge in [0.15, 0.2) is 0 Å². The Morgan fingerprint density at radius 2 is 2.16 bits per heavy atom. The molecule has 1 N–H and O–H groups in total. The van der Waals surface area contributed by atoms with Crippen molar-refractivity contribution in [1.29, 1.82) is 0 Å². The topological polar surface area (TPSA) is 34.1 Å². The van der Waals surface area contributed by atoms with Crippen LogP contribution in [0.25, 0.3) is 0 Å². The van der Waals surface area contributed by atoms with Gasteiger partial charge in [0.1, 0.15) is 12.4 Å². The van der Waals surface area contributed by atoms with Gasteiger partial charge in [-0.05, 0) is 52.8 Å². The van der Waals surface area contributed by atoms with Crippen molar-refractivity contribution in [2.75, 3.05) is 7.05 Å². The van der Waals surface area contributed by atoms with Crippen LogP contribution in [-0.4, -0.2) is 12.0 Å². The van der Waals surface area contributed by atoms with Gasteiger partial charge < -0.3 is 10.1 Å². The summed E-state index contributed by atoms with van der Waals surface area (Å²) >= 11 is 9.29. The number of aromatic nitrogens is 1. The third-order valence-electron chi connectivity index (χ3n) is 2.54. The van der Waals surface area contributed by atoms with E-state index < -0.39 is 0 Å². The van der Waals surface area contributed by atoms with E-state index in [2.05, 4.69) is 26.2 Å². The number of hydrogen-bond donors (Lipinski definition) is 1. The second-order valence-corrected chi connectivity index (χ2v) is 5.34. The summed E-state index contributed by atoms with van der Waals surface area (Å²) in [5.41, 5.74) is 2.04. The molecule has 2 aromatic rings.